The minimum atomic E-state index is -0.540. The lowest BCUT2D eigenvalue weighted by atomic mass is 10.0. The molecular formula is C14H16N4O2. The number of hydrogen-bond donors (Lipinski definition) is 2. The molecule has 2 aromatic rings. The number of rotatable bonds is 4. The van der Waals surface area contributed by atoms with E-state index in [0.717, 1.165) is 5.69 Å². The van der Waals surface area contributed by atoms with Gasteiger partial charge in [0.05, 0.1) is 12.2 Å². The second-order valence-electron chi connectivity index (χ2n) is 4.51. The van der Waals surface area contributed by atoms with Crippen molar-refractivity contribution in [3.63, 3.8) is 0 Å². The van der Waals surface area contributed by atoms with Gasteiger partial charge in [-0.05, 0) is 30.7 Å². The van der Waals surface area contributed by atoms with Gasteiger partial charge in [-0.15, -0.1) is 0 Å². The molecule has 0 bridgehead atoms. The van der Waals surface area contributed by atoms with E-state index >= 15 is 0 Å². The Hall–Kier alpha value is -2.63. The van der Waals surface area contributed by atoms with Gasteiger partial charge < -0.3 is 11.1 Å². The molecule has 0 spiro atoms. The quantitative estimate of drug-likeness (QED) is 0.860. The number of nitrogens with one attached hydrogen (secondary N) is 1. The van der Waals surface area contributed by atoms with Crippen LogP contribution in [0.25, 0.3) is 0 Å². The number of benzene rings is 1. The minimum absolute atomic E-state index is 0.253. The van der Waals surface area contributed by atoms with Gasteiger partial charge in [-0.25, -0.2) is 0 Å². The van der Waals surface area contributed by atoms with E-state index in [9.17, 15) is 9.59 Å². The van der Waals surface area contributed by atoms with E-state index in [4.69, 9.17) is 5.73 Å². The number of aromatic nitrogens is 2. The van der Waals surface area contributed by atoms with Gasteiger partial charge in [0.1, 0.15) is 0 Å². The minimum Gasteiger partial charge on any atom is -0.366 e. The second kappa shape index (κ2) is 5.56. The third-order valence-electron chi connectivity index (χ3n) is 3.04. The van der Waals surface area contributed by atoms with Crippen LogP contribution < -0.4 is 11.1 Å². The van der Waals surface area contributed by atoms with Crippen LogP contribution in [0, 0.1) is 6.92 Å². The fraction of sp³-hybridized carbons (Fsp3) is 0.214. The molecule has 0 saturated heterocycles. The smallest absolute Gasteiger partial charge is 0.251 e. The molecule has 3 N–H and O–H groups in total. The average molecular weight is 272 g/mol. The van der Waals surface area contributed by atoms with Crippen molar-refractivity contribution in [2.75, 3.05) is 0 Å². The first-order valence-electron chi connectivity index (χ1n) is 6.15. The molecule has 2 amide bonds. The van der Waals surface area contributed by atoms with E-state index in [-0.39, 0.29) is 5.91 Å². The lowest BCUT2D eigenvalue weighted by Crippen LogP contribution is -2.25. The summed E-state index contributed by atoms with van der Waals surface area (Å²) < 4.78 is 1.67. The maximum atomic E-state index is 12.1. The van der Waals surface area contributed by atoms with Crippen LogP contribution in [0.1, 0.15) is 32.0 Å². The van der Waals surface area contributed by atoms with Gasteiger partial charge in [0.25, 0.3) is 5.91 Å². The van der Waals surface area contributed by atoms with Gasteiger partial charge in [0.2, 0.25) is 5.91 Å². The number of carbonyl (C=O) groups is 2. The molecule has 0 atom stereocenters. The molecule has 104 valence electrons. The summed E-state index contributed by atoms with van der Waals surface area (Å²) in [5, 5.41) is 6.94. The fourth-order valence-electron chi connectivity index (χ4n) is 1.97. The molecule has 0 radical (unpaired) electrons. The van der Waals surface area contributed by atoms with Crippen LogP contribution in [-0.2, 0) is 13.6 Å². The Balaban J connectivity index is 2.13. The highest BCUT2D eigenvalue weighted by Gasteiger charge is 2.14. The van der Waals surface area contributed by atoms with Crippen molar-refractivity contribution < 1.29 is 9.59 Å². The first kappa shape index (κ1) is 13.8. The van der Waals surface area contributed by atoms with Crippen molar-refractivity contribution in [2.24, 2.45) is 12.8 Å². The van der Waals surface area contributed by atoms with E-state index < -0.39 is 5.91 Å². The normalized spacial score (nSPS) is 10.3. The summed E-state index contributed by atoms with van der Waals surface area (Å²) >= 11 is 0. The predicted octanol–water partition coefficient (Wildman–Crippen LogP) is 0.757. The summed E-state index contributed by atoms with van der Waals surface area (Å²) in [4.78, 5) is 23.4. The van der Waals surface area contributed by atoms with Crippen LogP contribution in [0.15, 0.2) is 30.5 Å². The van der Waals surface area contributed by atoms with Crippen LogP contribution >= 0.6 is 0 Å². The third kappa shape index (κ3) is 2.85. The standard InChI is InChI=1S/C14H16N4O2/c1-9-11(13(15)19)4-3-5-12(9)14(20)16-8-10-6-7-18(2)17-10/h3-7H,8H2,1-2H3,(H2,15,19)(H,16,20). The van der Waals surface area contributed by atoms with E-state index in [0.29, 0.717) is 23.2 Å². The topological polar surface area (TPSA) is 90.0 Å². The first-order chi connectivity index (χ1) is 9.49. The Morgan fingerprint density at radius 3 is 2.60 bits per heavy atom. The van der Waals surface area contributed by atoms with Crippen molar-refractivity contribution in [2.45, 2.75) is 13.5 Å². The first-order valence-corrected chi connectivity index (χ1v) is 6.15. The number of hydrogen-bond acceptors (Lipinski definition) is 3. The highest BCUT2D eigenvalue weighted by molar-refractivity contribution is 6.01. The largest absolute Gasteiger partial charge is 0.366 e. The molecule has 6 nitrogen and oxygen atoms in total. The lowest BCUT2D eigenvalue weighted by Gasteiger charge is -2.09. The molecule has 1 aromatic carbocycles. The monoisotopic (exact) mass is 272 g/mol. The van der Waals surface area contributed by atoms with Crippen molar-refractivity contribution in [1.29, 1.82) is 0 Å². The molecule has 0 aliphatic heterocycles. The molecule has 20 heavy (non-hydrogen) atoms. The van der Waals surface area contributed by atoms with Crippen LogP contribution in [-0.4, -0.2) is 21.6 Å². The lowest BCUT2D eigenvalue weighted by molar-refractivity contribution is 0.0949. The average Bonchev–Trinajstić information content (AvgIpc) is 2.81. The molecule has 0 saturated carbocycles. The molecule has 1 aromatic heterocycles. The number of amides is 2. The summed E-state index contributed by atoms with van der Waals surface area (Å²) in [6.45, 7) is 2.04. The summed E-state index contributed by atoms with van der Waals surface area (Å²) in [6, 6.07) is 6.73. The Morgan fingerprint density at radius 1 is 1.30 bits per heavy atom. The fourth-order valence-corrected chi connectivity index (χ4v) is 1.97. The van der Waals surface area contributed by atoms with Gasteiger partial charge in [-0.1, -0.05) is 6.07 Å². The van der Waals surface area contributed by atoms with Gasteiger partial charge in [-0.3, -0.25) is 14.3 Å². The molecule has 2 rings (SSSR count). The zero-order valence-corrected chi connectivity index (χ0v) is 11.4. The van der Waals surface area contributed by atoms with Crippen LogP contribution in [0.5, 0.6) is 0 Å². The van der Waals surface area contributed by atoms with E-state index in [1.807, 2.05) is 13.1 Å². The van der Waals surface area contributed by atoms with Gasteiger partial charge >= 0.3 is 0 Å². The van der Waals surface area contributed by atoms with E-state index in [2.05, 4.69) is 10.4 Å². The molecule has 6 heteroatoms. The highest BCUT2D eigenvalue weighted by atomic mass is 16.2. The van der Waals surface area contributed by atoms with Gasteiger partial charge in [0, 0.05) is 24.4 Å². The van der Waals surface area contributed by atoms with Crippen molar-refractivity contribution >= 4 is 11.8 Å². The molecule has 0 aliphatic rings. The summed E-state index contributed by atoms with van der Waals surface area (Å²) in [7, 11) is 1.81. The summed E-state index contributed by atoms with van der Waals surface area (Å²) in [5.74, 6) is -0.793. The molecule has 0 unspecified atom stereocenters. The van der Waals surface area contributed by atoms with Gasteiger partial charge in [-0.2, -0.15) is 5.10 Å². The number of carbonyl (C=O) groups excluding carboxylic acids is 2. The Kier molecular flexibility index (Phi) is 3.84. The number of aryl methyl sites for hydroxylation is 1. The highest BCUT2D eigenvalue weighted by Crippen LogP contribution is 2.13. The van der Waals surface area contributed by atoms with E-state index in [1.54, 1.807) is 36.0 Å². The zero-order chi connectivity index (χ0) is 14.7. The molecular weight excluding hydrogens is 256 g/mol. The molecule has 0 aliphatic carbocycles. The zero-order valence-electron chi connectivity index (χ0n) is 11.4. The van der Waals surface area contributed by atoms with Gasteiger partial charge in [0.15, 0.2) is 0 Å². The van der Waals surface area contributed by atoms with Crippen molar-refractivity contribution in [3.8, 4) is 0 Å². The predicted molar refractivity (Wildman–Crippen MR) is 74.1 cm³/mol. The molecule has 1 heterocycles. The number of primary amides is 1. The second-order valence-corrected chi connectivity index (χ2v) is 4.51. The molecule has 0 fully saturated rings. The Labute approximate surface area is 116 Å². The maximum Gasteiger partial charge on any atom is 0.251 e. The Bertz CT molecular complexity index is 661. The van der Waals surface area contributed by atoms with Crippen LogP contribution in [0.2, 0.25) is 0 Å². The third-order valence-corrected chi connectivity index (χ3v) is 3.04. The summed E-state index contributed by atoms with van der Waals surface area (Å²) in [6.07, 6.45) is 1.81. The van der Waals surface area contributed by atoms with Crippen molar-refractivity contribution in [1.82, 2.24) is 15.1 Å². The SMILES string of the molecule is Cc1c(C(N)=O)cccc1C(=O)NCc1ccn(C)n1. The van der Waals surface area contributed by atoms with E-state index in [1.165, 1.54) is 0 Å². The maximum absolute atomic E-state index is 12.1. The number of nitrogens with zero attached hydrogens (tertiary/aromatic N) is 2. The number of nitrogens with two attached hydrogens (primary N) is 1. The van der Waals surface area contributed by atoms with Crippen LogP contribution in [0.3, 0.4) is 0 Å². The summed E-state index contributed by atoms with van der Waals surface area (Å²) in [5.41, 5.74) is 7.42. The van der Waals surface area contributed by atoms with Crippen LogP contribution in [0.4, 0.5) is 0 Å². The Morgan fingerprint density at radius 2 is 2.00 bits per heavy atom. The van der Waals surface area contributed by atoms with Crippen molar-refractivity contribution in [3.05, 3.63) is 52.8 Å².